The van der Waals surface area contributed by atoms with Crippen molar-refractivity contribution in [1.82, 2.24) is 25.2 Å². The molecule has 7 atom stereocenters. The first kappa shape index (κ1) is 35.7. The molecular formula is C34H42ClN5O9S. The molecule has 1 aromatic carbocycles. The van der Waals surface area contributed by atoms with E-state index in [0.29, 0.717) is 47.2 Å². The number of rotatable bonds is 7. The number of carbonyl (C=O) groups excluding carboxylic acids is 3. The smallest absolute Gasteiger partial charge is 0.405 e. The standard InChI is InChI=1S/C34H42ClN5O9S/c1-18-7-4-5-8-20-15-34(20,32(43)39-50(46,47)22-11-12-22)38-29(41)25-14-21(17-40(25)31(42)28(19(2)13-18)37-33(44)45)49-30-23-9-6-10-24(35)27(23)26(48-3)16-36-30/h5-6,8-10,16,18-22,25,28,37H,4,7,11-15,17H2,1-3H3,(H,38,41)(H,39,43)(H,44,45)/t18-,19+,20+,21+,25-,28-,34+/m0/s1. The summed E-state index contributed by atoms with van der Waals surface area (Å²) >= 11 is 6.49. The molecule has 2 aliphatic heterocycles. The normalized spacial score (nSPS) is 30.3. The molecule has 0 radical (unpaired) electrons. The summed E-state index contributed by atoms with van der Waals surface area (Å²) in [7, 11) is -2.42. The number of methoxy groups -OCH3 is 1. The molecule has 1 saturated heterocycles. The van der Waals surface area contributed by atoms with Gasteiger partial charge in [-0.05, 0) is 62.5 Å². The topological polar surface area (TPSA) is 193 Å². The molecule has 2 aliphatic carbocycles. The van der Waals surface area contributed by atoms with Gasteiger partial charge in [-0.2, -0.15) is 0 Å². The number of aromatic nitrogens is 1. The summed E-state index contributed by atoms with van der Waals surface area (Å²) in [5, 5.41) is 15.8. The highest BCUT2D eigenvalue weighted by atomic mass is 35.5. The van der Waals surface area contributed by atoms with Gasteiger partial charge in [0.2, 0.25) is 27.7 Å². The lowest BCUT2D eigenvalue weighted by molar-refractivity contribution is -0.142. The average Bonchev–Trinajstić information content (AvgIpc) is 3.98. The van der Waals surface area contributed by atoms with E-state index in [9.17, 15) is 32.7 Å². The Morgan fingerprint density at radius 3 is 2.62 bits per heavy atom. The summed E-state index contributed by atoms with van der Waals surface area (Å²) in [5.74, 6) is -2.24. The van der Waals surface area contributed by atoms with Gasteiger partial charge in [0.05, 0.1) is 30.1 Å². The zero-order chi connectivity index (χ0) is 36.0. The monoisotopic (exact) mass is 731 g/mol. The van der Waals surface area contributed by atoms with Crippen LogP contribution in [0, 0.1) is 17.8 Å². The van der Waals surface area contributed by atoms with Crippen LogP contribution in [-0.4, -0.2) is 89.9 Å². The third-order valence-corrected chi connectivity index (χ3v) is 12.3. The summed E-state index contributed by atoms with van der Waals surface area (Å²) in [6.45, 7) is 3.73. The molecule has 0 unspecified atom stereocenters. The molecule has 0 bridgehead atoms. The van der Waals surface area contributed by atoms with E-state index in [0.717, 1.165) is 6.42 Å². The van der Waals surface area contributed by atoms with Crippen LogP contribution in [0.2, 0.25) is 5.02 Å². The van der Waals surface area contributed by atoms with Crippen LogP contribution in [0.1, 0.15) is 58.8 Å². The van der Waals surface area contributed by atoms with E-state index in [1.807, 2.05) is 19.1 Å². The fourth-order valence-electron chi connectivity index (χ4n) is 7.24. The molecule has 4 N–H and O–H groups in total. The fourth-order valence-corrected chi connectivity index (χ4v) is 8.87. The number of benzene rings is 1. The van der Waals surface area contributed by atoms with E-state index in [1.165, 1.54) is 18.2 Å². The van der Waals surface area contributed by atoms with Crippen molar-refractivity contribution in [1.29, 1.82) is 0 Å². The van der Waals surface area contributed by atoms with Gasteiger partial charge in [0.25, 0.3) is 5.91 Å². The van der Waals surface area contributed by atoms with Crippen LogP contribution in [0.3, 0.4) is 0 Å². The van der Waals surface area contributed by atoms with Crippen molar-refractivity contribution in [3.05, 3.63) is 41.6 Å². The van der Waals surface area contributed by atoms with Crippen LogP contribution in [0.25, 0.3) is 10.8 Å². The van der Waals surface area contributed by atoms with Crippen molar-refractivity contribution in [3.63, 3.8) is 0 Å². The Morgan fingerprint density at radius 1 is 1.16 bits per heavy atom. The zero-order valence-electron chi connectivity index (χ0n) is 28.1. The van der Waals surface area contributed by atoms with Crippen molar-refractivity contribution in [3.8, 4) is 11.6 Å². The zero-order valence-corrected chi connectivity index (χ0v) is 29.6. The van der Waals surface area contributed by atoms with E-state index in [2.05, 4.69) is 20.3 Å². The highest BCUT2D eigenvalue weighted by molar-refractivity contribution is 7.91. The molecule has 16 heteroatoms. The second-order valence-electron chi connectivity index (χ2n) is 14.0. The minimum Gasteiger partial charge on any atom is -0.494 e. The fraction of sp³-hybridized carbons (Fsp3) is 0.559. The SMILES string of the molecule is COc1cnc(O[C@@H]2C[C@H]3C(=O)N[C@]4(C(=O)NS(=O)(=O)C5CC5)C[C@H]4C=CCC[C@H](C)C[C@@H](C)[C@H](NC(=O)O)C(=O)N3C2)c2cccc(Cl)c12. The number of sulfonamides is 1. The summed E-state index contributed by atoms with van der Waals surface area (Å²) < 4.78 is 39.5. The molecular weight excluding hydrogens is 690 g/mol. The number of carbonyl (C=O) groups is 4. The van der Waals surface area contributed by atoms with Crippen LogP contribution in [0.5, 0.6) is 11.6 Å². The van der Waals surface area contributed by atoms with Gasteiger partial charge in [-0.1, -0.05) is 43.7 Å². The van der Waals surface area contributed by atoms with Gasteiger partial charge in [-0.3, -0.25) is 19.1 Å². The van der Waals surface area contributed by atoms with Crippen LogP contribution < -0.4 is 24.8 Å². The second-order valence-corrected chi connectivity index (χ2v) is 16.3. The van der Waals surface area contributed by atoms with E-state index in [1.54, 1.807) is 25.1 Å². The van der Waals surface area contributed by atoms with E-state index in [4.69, 9.17) is 21.1 Å². The van der Waals surface area contributed by atoms with Crippen molar-refractivity contribution < 1.29 is 42.2 Å². The highest BCUT2D eigenvalue weighted by Gasteiger charge is 2.62. The number of hydrogen-bond donors (Lipinski definition) is 4. The third-order valence-electron chi connectivity index (χ3n) is 10.2. The summed E-state index contributed by atoms with van der Waals surface area (Å²) in [4.78, 5) is 59.9. The maximum Gasteiger partial charge on any atom is 0.405 e. The number of nitrogens with zero attached hydrogens (tertiary/aromatic N) is 2. The van der Waals surface area contributed by atoms with Gasteiger partial charge < -0.3 is 30.1 Å². The number of ether oxygens (including phenoxy) is 2. The molecule has 4 amide bonds. The number of pyridine rings is 1. The molecule has 1 aromatic heterocycles. The van der Waals surface area contributed by atoms with Crippen LogP contribution in [0.4, 0.5) is 4.79 Å². The van der Waals surface area contributed by atoms with Crippen LogP contribution in [0.15, 0.2) is 36.5 Å². The first-order valence-electron chi connectivity index (χ1n) is 16.9. The quantitative estimate of drug-likeness (QED) is 0.307. The van der Waals surface area contributed by atoms with Gasteiger partial charge in [-0.25, -0.2) is 18.2 Å². The number of allylic oxidation sites excluding steroid dienone is 1. The molecule has 50 heavy (non-hydrogen) atoms. The number of nitrogens with one attached hydrogen (secondary N) is 3. The predicted molar refractivity (Wildman–Crippen MR) is 183 cm³/mol. The number of halogens is 1. The van der Waals surface area contributed by atoms with Crippen molar-refractivity contribution >= 4 is 56.2 Å². The number of fused-ring (bicyclic) bond motifs is 3. The molecule has 270 valence electrons. The first-order valence-corrected chi connectivity index (χ1v) is 18.8. The highest BCUT2D eigenvalue weighted by Crippen LogP contribution is 2.46. The lowest BCUT2D eigenvalue weighted by atomic mass is 9.88. The summed E-state index contributed by atoms with van der Waals surface area (Å²) in [6, 6.07) is 2.84. The molecule has 14 nitrogen and oxygen atoms in total. The molecule has 2 aromatic rings. The average molecular weight is 732 g/mol. The van der Waals surface area contributed by atoms with Gasteiger partial charge in [-0.15, -0.1) is 0 Å². The van der Waals surface area contributed by atoms with Crippen molar-refractivity contribution in [2.24, 2.45) is 17.8 Å². The van der Waals surface area contributed by atoms with Crippen molar-refractivity contribution in [2.75, 3.05) is 13.7 Å². The maximum atomic E-state index is 14.3. The third kappa shape index (κ3) is 7.20. The molecule has 3 fully saturated rings. The molecule has 4 aliphatic rings. The predicted octanol–water partition coefficient (Wildman–Crippen LogP) is 3.38. The molecule has 2 saturated carbocycles. The Labute approximate surface area is 295 Å². The molecule has 0 spiro atoms. The first-order chi connectivity index (χ1) is 23.7. The van der Waals surface area contributed by atoms with E-state index in [-0.39, 0.29) is 31.2 Å². The van der Waals surface area contributed by atoms with E-state index >= 15 is 0 Å². The Morgan fingerprint density at radius 2 is 1.92 bits per heavy atom. The van der Waals surface area contributed by atoms with E-state index < -0.39 is 74.7 Å². The number of hydrogen-bond acceptors (Lipinski definition) is 9. The number of carboxylic acid groups (broad SMARTS) is 1. The van der Waals surface area contributed by atoms with Crippen molar-refractivity contribution in [2.45, 2.75) is 87.8 Å². The molecule has 6 rings (SSSR count). The Kier molecular flexibility index (Phi) is 9.92. The van der Waals surface area contributed by atoms with Crippen LogP contribution in [-0.2, 0) is 24.4 Å². The maximum absolute atomic E-state index is 14.3. The lowest BCUT2D eigenvalue weighted by Gasteiger charge is -2.32. The Balaban J connectivity index is 1.35. The summed E-state index contributed by atoms with van der Waals surface area (Å²) in [5.41, 5.74) is -1.54. The Hall–Kier alpha value is -4.11. The van der Waals surface area contributed by atoms with Gasteiger partial charge in [0.1, 0.15) is 29.5 Å². The minimum atomic E-state index is -3.91. The second kappa shape index (κ2) is 13.9. The largest absolute Gasteiger partial charge is 0.494 e. The number of amides is 4. The Bertz CT molecular complexity index is 1840. The lowest BCUT2D eigenvalue weighted by Crippen LogP contribution is -2.59. The molecule has 3 heterocycles. The van der Waals surface area contributed by atoms with Gasteiger partial charge >= 0.3 is 6.09 Å². The minimum absolute atomic E-state index is 0.0174. The summed E-state index contributed by atoms with van der Waals surface area (Å²) in [6.07, 6.45) is 6.06. The van der Waals surface area contributed by atoms with Gasteiger partial charge in [0.15, 0.2) is 0 Å². The van der Waals surface area contributed by atoms with Crippen LogP contribution >= 0.6 is 11.6 Å². The van der Waals surface area contributed by atoms with Gasteiger partial charge in [0, 0.05) is 23.1 Å².